The molecule has 0 saturated carbocycles. The van der Waals surface area contributed by atoms with Gasteiger partial charge in [0.1, 0.15) is 6.04 Å². The Balaban J connectivity index is 1.81. The predicted octanol–water partition coefficient (Wildman–Crippen LogP) is 2.69. The van der Waals surface area contributed by atoms with Gasteiger partial charge in [0.2, 0.25) is 21.8 Å². The molecule has 2 aliphatic rings. The molecule has 2 aliphatic heterocycles. The Morgan fingerprint density at radius 2 is 1.73 bits per heavy atom. The summed E-state index contributed by atoms with van der Waals surface area (Å²) in [5.74, 6) is -0.00149. The molecule has 7 nitrogen and oxygen atoms in total. The number of likely N-dealkylation sites (tertiary alicyclic amines) is 1. The van der Waals surface area contributed by atoms with E-state index in [-0.39, 0.29) is 22.6 Å². The fourth-order valence-corrected chi connectivity index (χ4v) is 5.56. The maximum Gasteiger partial charge on any atom is 0.241 e. The molecular weight excluding hydrogens is 402 g/mol. The summed E-state index contributed by atoms with van der Waals surface area (Å²) in [7, 11) is -3.86. The molecule has 1 N–H and O–H groups in total. The average Bonchev–Trinajstić information content (AvgIpc) is 2.92. The maximum absolute atomic E-state index is 13.2. The summed E-state index contributed by atoms with van der Waals surface area (Å²) in [5.41, 5.74) is 1.60. The molecule has 30 heavy (non-hydrogen) atoms. The van der Waals surface area contributed by atoms with Crippen molar-refractivity contribution in [2.24, 2.45) is 5.92 Å². The molecule has 3 rings (SSSR count). The number of sulfonamides is 1. The SMILES string of the molecule is CC(=O)N1CCc2cc(S(=O)(=O)N[C@H](CC(C)C)C(=O)N3CCCCCC3)ccc21. The van der Waals surface area contributed by atoms with E-state index >= 15 is 0 Å². The van der Waals surface area contributed by atoms with Gasteiger partial charge in [-0.05, 0) is 55.4 Å². The number of benzene rings is 1. The summed E-state index contributed by atoms with van der Waals surface area (Å²) in [4.78, 5) is 28.5. The molecule has 0 unspecified atom stereocenters. The fraction of sp³-hybridized carbons (Fsp3) is 0.636. The van der Waals surface area contributed by atoms with Crippen molar-refractivity contribution in [2.45, 2.75) is 70.2 Å². The molecule has 1 saturated heterocycles. The number of nitrogens with one attached hydrogen (secondary N) is 1. The minimum absolute atomic E-state index is 0.0532. The summed E-state index contributed by atoms with van der Waals surface area (Å²) >= 11 is 0. The lowest BCUT2D eigenvalue weighted by Gasteiger charge is -2.27. The van der Waals surface area contributed by atoms with Gasteiger partial charge >= 0.3 is 0 Å². The molecule has 2 heterocycles. The van der Waals surface area contributed by atoms with E-state index in [9.17, 15) is 18.0 Å². The lowest BCUT2D eigenvalue weighted by Crippen LogP contribution is -2.49. The van der Waals surface area contributed by atoms with Crippen LogP contribution >= 0.6 is 0 Å². The number of fused-ring (bicyclic) bond motifs is 1. The van der Waals surface area contributed by atoms with Crippen molar-refractivity contribution in [1.82, 2.24) is 9.62 Å². The number of anilines is 1. The third-order valence-corrected chi connectivity index (χ3v) is 7.33. The van der Waals surface area contributed by atoms with Gasteiger partial charge in [-0.2, -0.15) is 4.72 Å². The summed E-state index contributed by atoms with van der Waals surface area (Å²) in [6.45, 7) is 7.42. The van der Waals surface area contributed by atoms with Crippen LogP contribution in [0.15, 0.2) is 23.1 Å². The Hall–Kier alpha value is -1.93. The van der Waals surface area contributed by atoms with Gasteiger partial charge in [-0.1, -0.05) is 26.7 Å². The van der Waals surface area contributed by atoms with Crippen LogP contribution in [-0.2, 0) is 26.0 Å². The van der Waals surface area contributed by atoms with Crippen molar-refractivity contribution in [3.8, 4) is 0 Å². The Kier molecular flexibility index (Phi) is 7.18. The molecule has 1 fully saturated rings. The second-order valence-corrected chi connectivity index (χ2v) is 10.5. The van der Waals surface area contributed by atoms with Crippen LogP contribution in [0, 0.1) is 5.92 Å². The Morgan fingerprint density at radius 1 is 1.07 bits per heavy atom. The quantitative estimate of drug-likeness (QED) is 0.744. The van der Waals surface area contributed by atoms with Crippen LogP contribution in [0.5, 0.6) is 0 Å². The lowest BCUT2D eigenvalue weighted by molar-refractivity contribution is -0.133. The summed E-state index contributed by atoms with van der Waals surface area (Å²) in [5, 5.41) is 0. The highest BCUT2D eigenvalue weighted by Gasteiger charge is 2.31. The summed E-state index contributed by atoms with van der Waals surface area (Å²) in [6, 6.07) is 4.07. The fourth-order valence-electron chi connectivity index (χ4n) is 4.31. The van der Waals surface area contributed by atoms with Gasteiger partial charge in [0.25, 0.3) is 0 Å². The van der Waals surface area contributed by atoms with Crippen LogP contribution in [0.1, 0.15) is 58.4 Å². The van der Waals surface area contributed by atoms with Crippen LogP contribution < -0.4 is 9.62 Å². The zero-order valence-electron chi connectivity index (χ0n) is 18.2. The second kappa shape index (κ2) is 9.47. The van der Waals surface area contributed by atoms with E-state index < -0.39 is 16.1 Å². The molecule has 166 valence electrons. The zero-order chi connectivity index (χ0) is 21.9. The Bertz CT molecular complexity index is 890. The minimum atomic E-state index is -3.86. The highest BCUT2D eigenvalue weighted by molar-refractivity contribution is 7.89. The zero-order valence-corrected chi connectivity index (χ0v) is 19.0. The molecule has 0 radical (unpaired) electrons. The molecule has 1 aromatic carbocycles. The van der Waals surface area contributed by atoms with E-state index in [1.165, 1.54) is 13.0 Å². The third-order valence-electron chi connectivity index (χ3n) is 5.86. The first kappa shape index (κ1) is 22.7. The molecule has 0 aliphatic carbocycles. The normalized spacial score (nSPS) is 18.3. The molecular formula is C22H33N3O4S. The first-order chi connectivity index (χ1) is 14.2. The molecule has 8 heteroatoms. The minimum Gasteiger partial charge on any atom is -0.341 e. The van der Waals surface area contributed by atoms with Crippen LogP contribution in [0.3, 0.4) is 0 Å². The molecule has 1 atom stereocenters. The van der Waals surface area contributed by atoms with E-state index in [2.05, 4.69) is 4.72 Å². The second-order valence-electron chi connectivity index (χ2n) is 8.75. The van der Waals surface area contributed by atoms with E-state index in [0.717, 1.165) is 36.9 Å². The highest BCUT2D eigenvalue weighted by Crippen LogP contribution is 2.30. The topological polar surface area (TPSA) is 86.8 Å². The Labute approximate surface area is 179 Å². The number of nitrogens with zero attached hydrogens (tertiary/aromatic N) is 2. The van der Waals surface area contributed by atoms with Crippen LogP contribution in [0.25, 0.3) is 0 Å². The van der Waals surface area contributed by atoms with Crippen molar-refractivity contribution in [2.75, 3.05) is 24.5 Å². The third kappa shape index (κ3) is 5.21. The van der Waals surface area contributed by atoms with Crippen molar-refractivity contribution in [1.29, 1.82) is 0 Å². The van der Waals surface area contributed by atoms with Crippen LogP contribution in [0.4, 0.5) is 5.69 Å². The number of hydrogen-bond acceptors (Lipinski definition) is 4. The predicted molar refractivity (Wildman–Crippen MR) is 117 cm³/mol. The lowest BCUT2D eigenvalue weighted by atomic mass is 10.0. The Morgan fingerprint density at radius 3 is 2.33 bits per heavy atom. The smallest absolute Gasteiger partial charge is 0.241 e. The number of hydrogen-bond donors (Lipinski definition) is 1. The van der Waals surface area contributed by atoms with Gasteiger partial charge < -0.3 is 9.80 Å². The van der Waals surface area contributed by atoms with Crippen molar-refractivity contribution >= 4 is 27.5 Å². The maximum atomic E-state index is 13.2. The van der Waals surface area contributed by atoms with Crippen LogP contribution in [0.2, 0.25) is 0 Å². The summed E-state index contributed by atoms with van der Waals surface area (Å²) < 4.78 is 28.9. The first-order valence-corrected chi connectivity index (χ1v) is 12.4. The van der Waals surface area contributed by atoms with Gasteiger partial charge in [0, 0.05) is 32.2 Å². The van der Waals surface area contributed by atoms with Gasteiger partial charge in [-0.3, -0.25) is 9.59 Å². The monoisotopic (exact) mass is 435 g/mol. The van der Waals surface area contributed by atoms with Crippen molar-refractivity contribution < 1.29 is 18.0 Å². The average molecular weight is 436 g/mol. The van der Waals surface area contributed by atoms with E-state index in [0.29, 0.717) is 32.5 Å². The highest BCUT2D eigenvalue weighted by atomic mass is 32.2. The molecule has 1 aromatic rings. The van der Waals surface area contributed by atoms with E-state index in [1.54, 1.807) is 17.0 Å². The number of rotatable bonds is 6. The van der Waals surface area contributed by atoms with Gasteiger partial charge in [-0.25, -0.2) is 8.42 Å². The van der Waals surface area contributed by atoms with Crippen molar-refractivity contribution in [3.63, 3.8) is 0 Å². The van der Waals surface area contributed by atoms with Crippen LogP contribution in [-0.4, -0.2) is 50.8 Å². The van der Waals surface area contributed by atoms with E-state index in [1.807, 2.05) is 18.7 Å². The number of amides is 2. The largest absolute Gasteiger partial charge is 0.341 e. The number of carbonyl (C=O) groups excluding carboxylic acids is 2. The molecule has 0 aromatic heterocycles. The van der Waals surface area contributed by atoms with Gasteiger partial charge in [0.15, 0.2) is 0 Å². The molecule has 0 spiro atoms. The van der Waals surface area contributed by atoms with Gasteiger partial charge in [0.05, 0.1) is 4.90 Å². The molecule has 0 bridgehead atoms. The number of carbonyl (C=O) groups is 2. The first-order valence-electron chi connectivity index (χ1n) is 10.9. The van der Waals surface area contributed by atoms with E-state index in [4.69, 9.17) is 0 Å². The molecule has 2 amide bonds. The standard InChI is InChI=1S/C22H33N3O4S/c1-16(2)14-20(22(27)24-11-6-4-5-7-12-24)23-30(28,29)19-8-9-21-18(15-19)10-13-25(21)17(3)26/h8-9,15-16,20,23H,4-7,10-14H2,1-3H3/t20-/m1/s1. The summed E-state index contributed by atoms with van der Waals surface area (Å²) in [6.07, 6.45) is 5.22. The van der Waals surface area contributed by atoms with Crippen molar-refractivity contribution in [3.05, 3.63) is 23.8 Å². The van der Waals surface area contributed by atoms with Gasteiger partial charge in [-0.15, -0.1) is 0 Å².